The Balaban J connectivity index is 2.60. The first kappa shape index (κ1) is 6.65. The second-order valence-electron chi connectivity index (χ2n) is 2.99. The van der Waals surface area contributed by atoms with E-state index >= 15 is 0 Å². The normalized spacial score (nSPS) is 15.0. The van der Waals surface area contributed by atoms with Gasteiger partial charge in [-0.2, -0.15) is 0 Å². The molecule has 0 heterocycles. The van der Waals surface area contributed by atoms with Gasteiger partial charge in [0.1, 0.15) is 5.82 Å². The number of nitrogen functional groups attached to an aromatic ring is 1. The smallest absolute Gasteiger partial charge is 0.125 e. The first-order valence-electron chi connectivity index (χ1n) is 3.84. The Hall–Kier alpha value is -1.05. The van der Waals surface area contributed by atoms with Gasteiger partial charge in [0.25, 0.3) is 0 Å². The number of anilines is 1. The van der Waals surface area contributed by atoms with E-state index in [-0.39, 0.29) is 5.82 Å². The van der Waals surface area contributed by atoms with Crippen molar-refractivity contribution >= 4 is 5.69 Å². The van der Waals surface area contributed by atoms with Gasteiger partial charge in [0.15, 0.2) is 0 Å². The summed E-state index contributed by atoms with van der Waals surface area (Å²) in [5.41, 5.74) is 8.51. The molecular weight excluding hydrogens is 141 g/mol. The van der Waals surface area contributed by atoms with Gasteiger partial charge in [-0.1, -0.05) is 0 Å². The van der Waals surface area contributed by atoms with Gasteiger partial charge in [0.2, 0.25) is 0 Å². The van der Waals surface area contributed by atoms with Gasteiger partial charge < -0.3 is 5.73 Å². The minimum Gasteiger partial charge on any atom is -0.398 e. The molecule has 0 unspecified atom stereocenters. The predicted molar refractivity (Wildman–Crippen MR) is 42.8 cm³/mol. The third-order valence-electron chi connectivity index (χ3n) is 2.21. The molecular formula is C9H10FN. The minimum atomic E-state index is -0.205. The first-order valence-corrected chi connectivity index (χ1v) is 3.84. The van der Waals surface area contributed by atoms with Crippen molar-refractivity contribution in [1.29, 1.82) is 0 Å². The zero-order valence-electron chi connectivity index (χ0n) is 6.23. The van der Waals surface area contributed by atoms with Gasteiger partial charge in [-0.3, -0.25) is 0 Å². The summed E-state index contributed by atoms with van der Waals surface area (Å²) in [6.07, 6.45) is 3.11. The summed E-state index contributed by atoms with van der Waals surface area (Å²) >= 11 is 0. The highest BCUT2D eigenvalue weighted by Gasteiger charge is 2.14. The summed E-state index contributed by atoms with van der Waals surface area (Å²) in [7, 11) is 0. The maximum Gasteiger partial charge on any atom is 0.125 e. The molecule has 2 rings (SSSR count). The Morgan fingerprint density at radius 2 is 2.09 bits per heavy atom. The second kappa shape index (κ2) is 2.22. The molecule has 0 spiro atoms. The Morgan fingerprint density at radius 1 is 1.27 bits per heavy atom. The molecule has 0 saturated carbocycles. The van der Waals surface area contributed by atoms with E-state index in [1.165, 1.54) is 6.07 Å². The van der Waals surface area contributed by atoms with E-state index in [0.717, 1.165) is 30.4 Å². The molecule has 0 bridgehead atoms. The summed E-state index contributed by atoms with van der Waals surface area (Å²) in [6, 6.07) is 3.00. The molecule has 0 atom stereocenters. The summed E-state index contributed by atoms with van der Waals surface area (Å²) in [4.78, 5) is 0. The second-order valence-corrected chi connectivity index (χ2v) is 2.99. The van der Waals surface area contributed by atoms with Crippen molar-refractivity contribution in [2.45, 2.75) is 19.3 Å². The lowest BCUT2D eigenvalue weighted by molar-refractivity contribution is 0.626. The standard InChI is InChI=1S/C9H10FN/c10-7-4-6-2-1-3-8(6)9(11)5-7/h4-5H,1-3,11H2. The zero-order chi connectivity index (χ0) is 7.84. The fourth-order valence-electron chi connectivity index (χ4n) is 1.70. The lowest BCUT2D eigenvalue weighted by Gasteiger charge is -2.02. The number of rotatable bonds is 0. The zero-order valence-corrected chi connectivity index (χ0v) is 6.23. The van der Waals surface area contributed by atoms with Crippen LogP contribution in [-0.4, -0.2) is 0 Å². The molecule has 0 saturated heterocycles. The van der Waals surface area contributed by atoms with E-state index in [1.54, 1.807) is 6.07 Å². The van der Waals surface area contributed by atoms with Gasteiger partial charge in [0, 0.05) is 5.69 Å². The molecule has 0 radical (unpaired) electrons. The third-order valence-corrected chi connectivity index (χ3v) is 2.21. The van der Waals surface area contributed by atoms with Gasteiger partial charge in [0.05, 0.1) is 0 Å². The number of nitrogens with two attached hydrogens (primary N) is 1. The molecule has 2 N–H and O–H groups in total. The first-order chi connectivity index (χ1) is 5.27. The maximum absolute atomic E-state index is 12.7. The molecule has 58 valence electrons. The monoisotopic (exact) mass is 151 g/mol. The summed E-state index contributed by atoms with van der Waals surface area (Å²) in [6.45, 7) is 0. The number of hydrogen-bond donors (Lipinski definition) is 1. The highest BCUT2D eigenvalue weighted by atomic mass is 19.1. The van der Waals surface area contributed by atoms with Crippen LogP contribution in [0.15, 0.2) is 12.1 Å². The van der Waals surface area contributed by atoms with E-state index in [0.29, 0.717) is 5.69 Å². The Kier molecular flexibility index (Phi) is 1.34. The lowest BCUT2D eigenvalue weighted by atomic mass is 10.1. The van der Waals surface area contributed by atoms with Crippen molar-refractivity contribution in [3.05, 3.63) is 29.1 Å². The average molecular weight is 151 g/mol. The van der Waals surface area contributed by atoms with E-state index < -0.39 is 0 Å². The maximum atomic E-state index is 12.7. The molecule has 1 aliphatic rings. The van der Waals surface area contributed by atoms with Crippen LogP contribution in [0.5, 0.6) is 0 Å². The highest BCUT2D eigenvalue weighted by molar-refractivity contribution is 5.53. The van der Waals surface area contributed by atoms with Crippen LogP contribution in [0.2, 0.25) is 0 Å². The van der Waals surface area contributed by atoms with Crippen molar-refractivity contribution in [1.82, 2.24) is 0 Å². The molecule has 1 aromatic carbocycles. The van der Waals surface area contributed by atoms with E-state index in [2.05, 4.69) is 0 Å². The largest absolute Gasteiger partial charge is 0.398 e. The van der Waals surface area contributed by atoms with Crippen molar-refractivity contribution < 1.29 is 4.39 Å². The van der Waals surface area contributed by atoms with Gasteiger partial charge in [-0.15, -0.1) is 0 Å². The molecule has 0 aliphatic heterocycles. The van der Waals surface area contributed by atoms with Crippen LogP contribution in [0.4, 0.5) is 10.1 Å². The van der Waals surface area contributed by atoms with Crippen molar-refractivity contribution in [2.24, 2.45) is 0 Å². The van der Waals surface area contributed by atoms with Crippen molar-refractivity contribution in [3.63, 3.8) is 0 Å². The van der Waals surface area contributed by atoms with Gasteiger partial charge in [-0.25, -0.2) is 4.39 Å². The van der Waals surface area contributed by atoms with Crippen LogP contribution < -0.4 is 5.73 Å². The summed E-state index contributed by atoms with van der Waals surface area (Å²) in [5.74, 6) is -0.205. The Bertz CT molecular complexity index is 294. The molecule has 0 fully saturated rings. The number of fused-ring (bicyclic) bond motifs is 1. The van der Waals surface area contributed by atoms with E-state index in [9.17, 15) is 4.39 Å². The topological polar surface area (TPSA) is 26.0 Å². The fraction of sp³-hybridized carbons (Fsp3) is 0.333. The molecule has 1 nitrogen and oxygen atoms in total. The molecule has 0 amide bonds. The highest BCUT2D eigenvalue weighted by Crippen LogP contribution is 2.27. The van der Waals surface area contributed by atoms with E-state index in [4.69, 9.17) is 5.73 Å². The van der Waals surface area contributed by atoms with Crippen LogP contribution in [0.25, 0.3) is 0 Å². The SMILES string of the molecule is Nc1cc(F)cc2c1CCC2. The van der Waals surface area contributed by atoms with Crippen LogP contribution >= 0.6 is 0 Å². The van der Waals surface area contributed by atoms with Crippen LogP contribution in [-0.2, 0) is 12.8 Å². The van der Waals surface area contributed by atoms with Crippen LogP contribution in [0, 0.1) is 5.82 Å². The Labute approximate surface area is 65.0 Å². The van der Waals surface area contributed by atoms with Crippen LogP contribution in [0.3, 0.4) is 0 Å². The molecule has 0 aromatic heterocycles. The number of aryl methyl sites for hydroxylation is 1. The quantitative estimate of drug-likeness (QED) is 0.563. The molecule has 2 heteroatoms. The minimum absolute atomic E-state index is 0.205. The fourth-order valence-corrected chi connectivity index (χ4v) is 1.70. The molecule has 1 aromatic rings. The lowest BCUT2D eigenvalue weighted by Crippen LogP contribution is -1.94. The molecule has 1 aliphatic carbocycles. The number of hydrogen-bond acceptors (Lipinski definition) is 1. The summed E-state index contributed by atoms with van der Waals surface area (Å²) < 4.78 is 12.7. The number of halogens is 1. The summed E-state index contributed by atoms with van der Waals surface area (Å²) in [5, 5.41) is 0. The predicted octanol–water partition coefficient (Wildman–Crippen LogP) is 1.90. The average Bonchev–Trinajstić information content (AvgIpc) is 2.34. The molecule has 11 heavy (non-hydrogen) atoms. The van der Waals surface area contributed by atoms with Gasteiger partial charge in [-0.05, 0) is 42.5 Å². The number of benzene rings is 1. The van der Waals surface area contributed by atoms with Crippen molar-refractivity contribution in [3.8, 4) is 0 Å². The third kappa shape index (κ3) is 0.985. The van der Waals surface area contributed by atoms with Crippen molar-refractivity contribution in [2.75, 3.05) is 5.73 Å². The van der Waals surface area contributed by atoms with E-state index in [1.807, 2.05) is 0 Å². The Morgan fingerprint density at radius 3 is 2.91 bits per heavy atom. The van der Waals surface area contributed by atoms with Crippen LogP contribution in [0.1, 0.15) is 17.5 Å². The van der Waals surface area contributed by atoms with Gasteiger partial charge >= 0.3 is 0 Å².